The van der Waals surface area contributed by atoms with Gasteiger partial charge in [0.25, 0.3) is 0 Å². The summed E-state index contributed by atoms with van der Waals surface area (Å²) >= 11 is 0. The Labute approximate surface area is 124 Å². The lowest BCUT2D eigenvalue weighted by Crippen LogP contribution is -1.99. The van der Waals surface area contributed by atoms with Crippen molar-refractivity contribution >= 4 is 16.7 Å². The molecule has 1 aromatic carbocycles. The SMILES string of the molecule is CCCC(=O)c1ccn(Cc2ccc3ncccc3c2)c1. The number of carbonyl (C=O) groups excluding carboxylic acids is 1. The maximum absolute atomic E-state index is 11.9. The Morgan fingerprint density at radius 3 is 3.00 bits per heavy atom. The molecule has 0 amide bonds. The monoisotopic (exact) mass is 278 g/mol. The van der Waals surface area contributed by atoms with E-state index in [2.05, 4.69) is 27.8 Å². The topological polar surface area (TPSA) is 34.9 Å². The Morgan fingerprint density at radius 1 is 1.24 bits per heavy atom. The number of hydrogen-bond acceptors (Lipinski definition) is 2. The Bertz CT molecular complexity index is 773. The fraction of sp³-hybridized carbons (Fsp3) is 0.222. The van der Waals surface area contributed by atoms with Crippen LogP contribution in [-0.4, -0.2) is 15.3 Å². The van der Waals surface area contributed by atoms with Gasteiger partial charge in [-0.1, -0.05) is 19.1 Å². The van der Waals surface area contributed by atoms with Crippen molar-refractivity contribution in [2.75, 3.05) is 0 Å². The van der Waals surface area contributed by atoms with E-state index in [4.69, 9.17) is 0 Å². The summed E-state index contributed by atoms with van der Waals surface area (Å²) in [6, 6.07) is 12.2. The van der Waals surface area contributed by atoms with Crippen LogP contribution in [-0.2, 0) is 6.54 Å². The van der Waals surface area contributed by atoms with Crippen molar-refractivity contribution in [2.24, 2.45) is 0 Å². The van der Waals surface area contributed by atoms with Gasteiger partial charge in [-0.3, -0.25) is 9.78 Å². The number of Topliss-reactive ketones (excluding diaryl/α,β-unsaturated/α-hetero) is 1. The molecule has 0 saturated carbocycles. The zero-order valence-electron chi connectivity index (χ0n) is 12.1. The molecule has 3 aromatic rings. The molecule has 0 aliphatic rings. The smallest absolute Gasteiger partial charge is 0.164 e. The summed E-state index contributed by atoms with van der Waals surface area (Å²) in [5.41, 5.74) is 3.02. The van der Waals surface area contributed by atoms with Crippen LogP contribution in [0.3, 0.4) is 0 Å². The maximum Gasteiger partial charge on any atom is 0.164 e. The van der Waals surface area contributed by atoms with E-state index in [0.29, 0.717) is 6.42 Å². The first-order valence-corrected chi connectivity index (χ1v) is 7.29. The summed E-state index contributed by atoms with van der Waals surface area (Å²) in [7, 11) is 0. The number of ketones is 1. The number of nitrogens with zero attached hydrogens (tertiary/aromatic N) is 2. The van der Waals surface area contributed by atoms with Crippen molar-refractivity contribution in [1.82, 2.24) is 9.55 Å². The van der Waals surface area contributed by atoms with Crippen LogP contribution in [0.25, 0.3) is 10.9 Å². The second-order valence-electron chi connectivity index (χ2n) is 5.28. The van der Waals surface area contributed by atoms with Crippen LogP contribution >= 0.6 is 0 Å². The van der Waals surface area contributed by atoms with Gasteiger partial charge >= 0.3 is 0 Å². The average Bonchev–Trinajstić information content (AvgIpc) is 2.96. The van der Waals surface area contributed by atoms with E-state index in [1.54, 1.807) is 6.20 Å². The molecule has 0 aliphatic heterocycles. The standard InChI is InChI=1S/C18H18N2O/c1-2-4-18(21)16-8-10-20(13-16)12-14-6-7-17-15(11-14)5-3-9-19-17/h3,5-11,13H,2,4,12H2,1H3. The molecule has 0 spiro atoms. The number of pyridine rings is 1. The summed E-state index contributed by atoms with van der Waals surface area (Å²) in [6.07, 6.45) is 7.22. The Balaban J connectivity index is 1.80. The number of rotatable bonds is 5. The number of fused-ring (bicyclic) bond motifs is 1. The predicted molar refractivity (Wildman–Crippen MR) is 84.5 cm³/mol. The second kappa shape index (κ2) is 5.92. The molecular formula is C18H18N2O. The maximum atomic E-state index is 11.9. The molecular weight excluding hydrogens is 260 g/mol. The van der Waals surface area contributed by atoms with Gasteiger partial charge < -0.3 is 4.57 Å². The minimum Gasteiger partial charge on any atom is -0.349 e. The lowest BCUT2D eigenvalue weighted by molar-refractivity contribution is 0.0981. The number of carbonyl (C=O) groups is 1. The molecule has 0 saturated heterocycles. The summed E-state index contributed by atoms with van der Waals surface area (Å²) < 4.78 is 2.06. The van der Waals surface area contributed by atoms with E-state index in [9.17, 15) is 4.79 Å². The molecule has 2 aromatic heterocycles. The highest BCUT2D eigenvalue weighted by Gasteiger charge is 2.06. The molecule has 0 unspecified atom stereocenters. The van der Waals surface area contributed by atoms with Crippen LogP contribution < -0.4 is 0 Å². The van der Waals surface area contributed by atoms with Crippen LogP contribution in [0.15, 0.2) is 55.0 Å². The van der Waals surface area contributed by atoms with E-state index >= 15 is 0 Å². The molecule has 0 fully saturated rings. The number of benzene rings is 1. The average molecular weight is 278 g/mol. The minimum absolute atomic E-state index is 0.221. The fourth-order valence-corrected chi connectivity index (χ4v) is 2.51. The third-order valence-corrected chi connectivity index (χ3v) is 3.58. The van der Waals surface area contributed by atoms with Gasteiger partial charge in [0.2, 0.25) is 0 Å². The highest BCUT2D eigenvalue weighted by atomic mass is 16.1. The van der Waals surface area contributed by atoms with Gasteiger partial charge in [-0.15, -0.1) is 0 Å². The van der Waals surface area contributed by atoms with Gasteiger partial charge in [-0.2, -0.15) is 0 Å². The van der Waals surface area contributed by atoms with E-state index in [1.165, 1.54) is 5.56 Å². The highest BCUT2D eigenvalue weighted by molar-refractivity contribution is 5.95. The summed E-state index contributed by atoms with van der Waals surface area (Å²) in [5, 5.41) is 1.14. The first-order chi connectivity index (χ1) is 10.3. The van der Waals surface area contributed by atoms with E-state index in [0.717, 1.165) is 29.4 Å². The summed E-state index contributed by atoms with van der Waals surface area (Å²) in [5.74, 6) is 0.221. The summed E-state index contributed by atoms with van der Waals surface area (Å²) in [6.45, 7) is 2.79. The van der Waals surface area contributed by atoms with Crippen molar-refractivity contribution in [3.05, 3.63) is 66.1 Å². The van der Waals surface area contributed by atoms with Gasteiger partial charge in [0.1, 0.15) is 0 Å². The quantitative estimate of drug-likeness (QED) is 0.659. The van der Waals surface area contributed by atoms with E-state index in [1.807, 2.05) is 37.5 Å². The molecule has 0 aliphatic carbocycles. The van der Waals surface area contributed by atoms with Gasteiger partial charge in [-0.25, -0.2) is 0 Å². The molecule has 106 valence electrons. The Morgan fingerprint density at radius 2 is 2.14 bits per heavy atom. The first kappa shape index (κ1) is 13.6. The number of hydrogen-bond donors (Lipinski definition) is 0. The fourth-order valence-electron chi connectivity index (χ4n) is 2.51. The van der Waals surface area contributed by atoms with Gasteiger partial charge in [0.05, 0.1) is 5.52 Å². The Kier molecular flexibility index (Phi) is 3.82. The molecule has 21 heavy (non-hydrogen) atoms. The molecule has 2 heterocycles. The zero-order valence-corrected chi connectivity index (χ0v) is 12.1. The van der Waals surface area contributed by atoms with Crippen LogP contribution in [0.1, 0.15) is 35.7 Å². The van der Waals surface area contributed by atoms with E-state index in [-0.39, 0.29) is 5.78 Å². The number of aromatic nitrogens is 2. The molecule has 3 rings (SSSR count). The lowest BCUT2D eigenvalue weighted by atomic mass is 10.1. The van der Waals surface area contributed by atoms with E-state index < -0.39 is 0 Å². The van der Waals surface area contributed by atoms with Gasteiger partial charge in [0, 0.05) is 42.5 Å². The predicted octanol–water partition coefficient (Wildman–Crippen LogP) is 4.07. The molecule has 3 heteroatoms. The highest BCUT2D eigenvalue weighted by Crippen LogP contribution is 2.15. The second-order valence-corrected chi connectivity index (χ2v) is 5.28. The first-order valence-electron chi connectivity index (χ1n) is 7.29. The van der Waals surface area contributed by atoms with Crippen molar-refractivity contribution in [2.45, 2.75) is 26.3 Å². The largest absolute Gasteiger partial charge is 0.349 e. The lowest BCUT2D eigenvalue weighted by Gasteiger charge is -2.05. The zero-order chi connectivity index (χ0) is 14.7. The normalized spacial score (nSPS) is 10.9. The van der Waals surface area contributed by atoms with Crippen LogP contribution in [0.2, 0.25) is 0 Å². The van der Waals surface area contributed by atoms with Crippen molar-refractivity contribution < 1.29 is 4.79 Å². The molecule has 0 radical (unpaired) electrons. The van der Waals surface area contributed by atoms with Crippen LogP contribution in [0.5, 0.6) is 0 Å². The van der Waals surface area contributed by atoms with Crippen LogP contribution in [0.4, 0.5) is 0 Å². The molecule has 0 N–H and O–H groups in total. The third kappa shape index (κ3) is 3.02. The van der Waals surface area contributed by atoms with Gasteiger partial charge in [0.15, 0.2) is 5.78 Å². The Hall–Kier alpha value is -2.42. The molecule has 0 bridgehead atoms. The third-order valence-electron chi connectivity index (χ3n) is 3.58. The van der Waals surface area contributed by atoms with Gasteiger partial charge in [-0.05, 0) is 36.2 Å². The van der Waals surface area contributed by atoms with Crippen molar-refractivity contribution in [3.63, 3.8) is 0 Å². The summed E-state index contributed by atoms with van der Waals surface area (Å²) in [4.78, 5) is 16.2. The minimum atomic E-state index is 0.221. The van der Waals surface area contributed by atoms with Crippen molar-refractivity contribution in [3.8, 4) is 0 Å². The van der Waals surface area contributed by atoms with Crippen molar-refractivity contribution in [1.29, 1.82) is 0 Å². The van der Waals surface area contributed by atoms with Crippen LogP contribution in [0, 0.1) is 0 Å². The molecule has 3 nitrogen and oxygen atoms in total. The molecule has 0 atom stereocenters.